The maximum Gasteiger partial charge on any atom is 0.0456 e. The first-order valence-electron chi connectivity index (χ1n) is 4.17. The largest absolute Gasteiger partial charge is 0.358 e. The number of benzene rings is 1. The highest BCUT2D eigenvalue weighted by molar-refractivity contribution is 9.10. The number of halogens is 1. The second kappa shape index (κ2) is 3.76. The van der Waals surface area contributed by atoms with E-state index in [4.69, 9.17) is 0 Å². The minimum atomic E-state index is 0.883. The van der Waals surface area contributed by atoms with Crippen molar-refractivity contribution in [2.45, 2.75) is 6.42 Å². The van der Waals surface area contributed by atoms with E-state index < -0.39 is 0 Å². The number of aromatic nitrogens is 1. The molecular weight excluding hydrogens is 246 g/mol. The molecule has 68 valence electrons. The van der Waals surface area contributed by atoms with Gasteiger partial charge in [0.1, 0.15) is 0 Å². The monoisotopic (exact) mass is 255 g/mol. The molecule has 0 saturated carbocycles. The second-order valence-electron chi connectivity index (χ2n) is 3.00. The van der Waals surface area contributed by atoms with Gasteiger partial charge in [-0.05, 0) is 36.4 Å². The Balaban J connectivity index is 2.49. The van der Waals surface area contributed by atoms with E-state index in [0.29, 0.717) is 0 Å². The number of aryl methyl sites for hydroxylation is 1. The molecule has 0 saturated heterocycles. The Hall–Kier alpha value is -0.410. The molecular formula is C10H10BrNS. The second-order valence-corrected chi connectivity index (χ2v) is 4.36. The third kappa shape index (κ3) is 1.92. The van der Waals surface area contributed by atoms with Crippen molar-refractivity contribution in [1.29, 1.82) is 0 Å². The fourth-order valence-corrected chi connectivity index (χ4v) is 2.04. The molecule has 0 atom stereocenters. The fraction of sp³-hybridized carbons (Fsp3) is 0.200. The molecule has 13 heavy (non-hydrogen) atoms. The first-order valence-corrected chi connectivity index (χ1v) is 5.60. The summed E-state index contributed by atoms with van der Waals surface area (Å²) in [4.78, 5) is 3.35. The van der Waals surface area contributed by atoms with Crippen LogP contribution < -0.4 is 0 Å². The van der Waals surface area contributed by atoms with Crippen molar-refractivity contribution in [3.05, 3.63) is 34.4 Å². The number of nitrogens with one attached hydrogen (secondary N) is 1. The number of hydrogen-bond donors (Lipinski definition) is 2. The zero-order valence-electron chi connectivity index (χ0n) is 7.05. The van der Waals surface area contributed by atoms with Gasteiger partial charge in [0.05, 0.1) is 0 Å². The molecule has 2 aromatic rings. The van der Waals surface area contributed by atoms with Gasteiger partial charge in [-0.2, -0.15) is 12.6 Å². The van der Waals surface area contributed by atoms with Crippen LogP contribution in [0.15, 0.2) is 28.7 Å². The summed E-state index contributed by atoms with van der Waals surface area (Å²) in [5, 5.41) is 1.26. The molecule has 0 radical (unpaired) electrons. The van der Waals surface area contributed by atoms with Crippen molar-refractivity contribution < 1.29 is 0 Å². The van der Waals surface area contributed by atoms with Crippen LogP contribution in [0.3, 0.4) is 0 Å². The van der Waals surface area contributed by atoms with Crippen LogP contribution in [0.25, 0.3) is 10.9 Å². The Morgan fingerprint density at radius 2 is 2.15 bits per heavy atom. The Morgan fingerprint density at radius 3 is 2.92 bits per heavy atom. The number of H-pyrrole nitrogens is 1. The summed E-state index contributed by atoms with van der Waals surface area (Å²) >= 11 is 7.66. The highest BCUT2D eigenvalue weighted by Gasteiger charge is 1.99. The zero-order valence-corrected chi connectivity index (χ0v) is 9.53. The standard InChI is InChI=1S/C10H10BrNS/c11-8-1-2-10-7(5-8)6-9(12-10)3-4-13/h1-2,5-6,12-13H,3-4H2. The van der Waals surface area contributed by atoms with E-state index in [-0.39, 0.29) is 0 Å². The number of fused-ring (bicyclic) bond motifs is 1. The molecule has 1 heterocycles. The van der Waals surface area contributed by atoms with Crippen molar-refractivity contribution in [2.24, 2.45) is 0 Å². The molecule has 0 spiro atoms. The van der Waals surface area contributed by atoms with Gasteiger partial charge in [0.15, 0.2) is 0 Å². The summed E-state index contributed by atoms with van der Waals surface area (Å²) in [7, 11) is 0. The first-order chi connectivity index (χ1) is 6.29. The Labute approximate surface area is 91.1 Å². The molecule has 1 nitrogen and oxygen atoms in total. The quantitative estimate of drug-likeness (QED) is 0.766. The minimum Gasteiger partial charge on any atom is -0.358 e. The smallest absolute Gasteiger partial charge is 0.0456 e. The Morgan fingerprint density at radius 1 is 1.31 bits per heavy atom. The molecule has 0 aliphatic carbocycles. The average Bonchev–Trinajstić information content (AvgIpc) is 2.46. The summed E-state index contributed by atoms with van der Waals surface area (Å²) in [5.74, 6) is 0.883. The van der Waals surface area contributed by atoms with Gasteiger partial charge in [-0.25, -0.2) is 0 Å². The predicted octanol–water partition coefficient (Wildman–Crippen LogP) is 3.40. The van der Waals surface area contributed by atoms with E-state index in [1.807, 2.05) is 6.07 Å². The number of thiol groups is 1. The van der Waals surface area contributed by atoms with Crippen molar-refractivity contribution in [2.75, 3.05) is 5.75 Å². The molecule has 0 amide bonds. The lowest BCUT2D eigenvalue weighted by Crippen LogP contribution is -1.83. The van der Waals surface area contributed by atoms with Crippen molar-refractivity contribution in [1.82, 2.24) is 4.98 Å². The van der Waals surface area contributed by atoms with Crippen molar-refractivity contribution in [3.63, 3.8) is 0 Å². The maximum atomic E-state index is 4.20. The van der Waals surface area contributed by atoms with E-state index in [0.717, 1.165) is 16.6 Å². The van der Waals surface area contributed by atoms with Gasteiger partial charge < -0.3 is 4.98 Å². The van der Waals surface area contributed by atoms with Crippen LogP contribution in [0, 0.1) is 0 Å². The van der Waals surface area contributed by atoms with Gasteiger partial charge in [-0.15, -0.1) is 0 Å². The summed E-state index contributed by atoms with van der Waals surface area (Å²) in [5.41, 5.74) is 2.45. The van der Waals surface area contributed by atoms with Crippen LogP contribution in [0.2, 0.25) is 0 Å². The van der Waals surface area contributed by atoms with Gasteiger partial charge in [0.25, 0.3) is 0 Å². The van der Waals surface area contributed by atoms with Gasteiger partial charge in [0.2, 0.25) is 0 Å². The van der Waals surface area contributed by atoms with Gasteiger partial charge in [0, 0.05) is 21.1 Å². The van der Waals surface area contributed by atoms with Gasteiger partial charge >= 0.3 is 0 Å². The third-order valence-corrected chi connectivity index (χ3v) is 2.74. The molecule has 1 aromatic heterocycles. The lowest BCUT2D eigenvalue weighted by Gasteiger charge is -1.89. The molecule has 0 unspecified atom stereocenters. The third-order valence-electron chi connectivity index (χ3n) is 2.02. The van der Waals surface area contributed by atoms with Crippen LogP contribution in [-0.4, -0.2) is 10.7 Å². The molecule has 0 fully saturated rings. The van der Waals surface area contributed by atoms with Gasteiger partial charge in [-0.1, -0.05) is 15.9 Å². The molecule has 0 aliphatic rings. The summed E-state index contributed by atoms with van der Waals surface area (Å²) in [6, 6.07) is 8.43. The van der Waals surface area contributed by atoms with E-state index >= 15 is 0 Å². The molecule has 0 aliphatic heterocycles. The summed E-state index contributed by atoms with van der Waals surface area (Å²) < 4.78 is 1.12. The Bertz CT molecular complexity index is 422. The number of hydrogen-bond acceptors (Lipinski definition) is 1. The van der Waals surface area contributed by atoms with Crippen LogP contribution >= 0.6 is 28.6 Å². The lowest BCUT2D eigenvalue weighted by atomic mass is 10.2. The predicted molar refractivity (Wildman–Crippen MR) is 63.6 cm³/mol. The number of rotatable bonds is 2. The normalized spacial score (nSPS) is 10.9. The lowest BCUT2D eigenvalue weighted by molar-refractivity contribution is 1.09. The van der Waals surface area contributed by atoms with Crippen LogP contribution in [0.5, 0.6) is 0 Å². The number of aromatic amines is 1. The van der Waals surface area contributed by atoms with E-state index in [2.05, 4.69) is 51.7 Å². The molecule has 1 N–H and O–H groups in total. The summed E-state index contributed by atoms with van der Waals surface area (Å²) in [6.45, 7) is 0. The first kappa shape index (κ1) is 9.16. The zero-order chi connectivity index (χ0) is 9.26. The fourth-order valence-electron chi connectivity index (χ4n) is 1.42. The maximum absolute atomic E-state index is 4.20. The van der Waals surface area contributed by atoms with Crippen LogP contribution in [0.4, 0.5) is 0 Å². The summed E-state index contributed by atoms with van der Waals surface area (Å²) in [6.07, 6.45) is 0.995. The van der Waals surface area contributed by atoms with E-state index in [1.54, 1.807) is 0 Å². The Kier molecular flexibility index (Phi) is 2.65. The average molecular weight is 256 g/mol. The van der Waals surface area contributed by atoms with Gasteiger partial charge in [-0.3, -0.25) is 0 Å². The minimum absolute atomic E-state index is 0.883. The van der Waals surface area contributed by atoms with Crippen LogP contribution in [-0.2, 0) is 6.42 Å². The molecule has 1 aromatic carbocycles. The molecule has 0 bridgehead atoms. The van der Waals surface area contributed by atoms with E-state index in [9.17, 15) is 0 Å². The highest BCUT2D eigenvalue weighted by atomic mass is 79.9. The van der Waals surface area contributed by atoms with E-state index in [1.165, 1.54) is 16.6 Å². The molecule has 3 heteroatoms. The topological polar surface area (TPSA) is 15.8 Å². The highest BCUT2D eigenvalue weighted by Crippen LogP contribution is 2.20. The SMILES string of the molecule is SCCc1cc2cc(Br)ccc2[nH]1. The van der Waals surface area contributed by atoms with Crippen molar-refractivity contribution in [3.8, 4) is 0 Å². The molecule has 2 rings (SSSR count). The van der Waals surface area contributed by atoms with Crippen LogP contribution in [0.1, 0.15) is 5.69 Å². The van der Waals surface area contributed by atoms with Crippen molar-refractivity contribution >= 4 is 39.5 Å².